The van der Waals surface area contributed by atoms with E-state index in [0.29, 0.717) is 12.2 Å². The van der Waals surface area contributed by atoms with Gasteiger partial charge in [0.1, 0.15) is 11.5 Å². The summed E-state index contributed by atoms with van der Waals surface area (Å²) in [6.07, 6.45) is 3.54. The van der Waals surface area contributed by atoms with Crippen molar-refractivity contribution in [2.45, 2.75) is 6.54 Å². The van der Waals surface area contributed by atoms with Gasteiger partial charge in [-0.1, -0.05) is 12.1 Å². The van der Waals surface area contributed by atoms with Crippen LogP contribution in [0.25, 0.3) is 16.7 Å². The van der Waals surface area contributed by atoms with E-state index in [1.165, 1.54) is 6.07 Å². The van der Waals surface area contributed by atoms with Crippen molar-refractivity contribution >= 4 is 11.0 Å². The second-order valence-corrected chi connectivity index (χ2v) is 4.10. The molecule has 0 aliphatic rings. The molecule has 0 aliphatic carbocycles. The van der Waals surface area contributed by atoms with Gasteiger partial charge in [0.2, 0.25) is 0 Å². The fourth-order valence-corrected chi connectivity index (χ4v) is 2.02. The van der Waals surface area contributed by atoms with Gasteiger partial charge in [0.05, 0.1) is 5.69 Å². The van der Waals surface area contributed by atoms with Gasteiger partial charge < -0.3 is 5.73 Å². The highest BCUT2D eigenvalue weighted by Crippen LogP contribution is 2.21. The van der Waals surface area contributed by atoms with Gasteiger partial charge >= 0.3 is 0 Å². The minimum Gasteiger partial charge on any atom is -0.326 e. The van der Waals surface area contributed by atoms with Crippen LogP contribution in [-0.4, -0.2) is 9.55 Å². The van der Waals surface area contributed by atoms with Crippen LogP contribution in [0.4, 0.5) is 4.39 Å². The summed E-state index contributed by atoms with van der Waals surface area (Å²) in [7, 11) is 0. The molecule has 3 nitrogen and oxygen atoms in total. The Morgan fingerprint density at radius 3 is 2.83 bits per heavy atom. The van der Waals surface area contributed by atoms with Crippen molar-refractivity contribution in [3.05, 3.63) is 60.2 Å². The van der Waals surface area contributed by atoms with E-state index in [2.05, 4.69) is 4.98 Å². The summed E-state index contributed by atoms with van der Waals surface area (Å²) in [5.74, 6) is -0.264. The number of nitrogens with zero attached hydrogens (tertiary/aromatic N) is 2. The van der Waals surface area contributed by atoms with E-state index >= 15 is 0 Å². The predicted molar refractivity (Wildman–Crippen MR) is 68.9 cm³/mol. The molecule has 3 aromatic rings. The Balaban J connectivity index is 2.22. The van der Waals surface area contributed by atoms with Gasteiger partial charge in [-0.3, -0.25) is 4.57 Å². The monoisotopic (exact) mass is 241 g/mol. The lowest BCUT2D eigenvalue weighted by atomic mass is 10.2. The van der Waals surface area contributed by atoms with E-state index in [4.69, 9.17) is 5.73 Å². The second-order valence-electron chi connectivity index (χ2n) is 4.10. The van der Waals surface area contributed by atoms with Crippen LogP contribution in [0.15, 0.2) is 48.8 Å². The molecule has 0 atom stereocenters. The summed E-state index contributed by atoms with van der Waals surface area (Å²) in [4.78, 5) is 4.35. The van der Waals surface area contributed by atoms with Gasteiger partial charge in [-0.2, -0.15) is 0 Å². The molecule has 0 unspecified atom stereocenters. The molecule has 0 fully saturated rings. The number of para-hydroxylation sites is 1. The van der Waals surface area contributed by atoms with Crippen LogP contribution in [0.5, 0.6) is 0 Å². The minimum absolute atomic E-state index is 0.264. The Bertz CT molecular complexity index is 703. The summed E-state index contributed by atoms with van der Waals surface area (Å²) in [6, 6.07) is 10.5. The zero-order valence-corrected chi connectivity index (χ0v) is 9.68. The first-order valence-electron chi connectivity index (χ1n) is 5.70. The molecule has 2 heterocycles. The van der Waals surface area contributed by atoms with Crippen LogP contribution >= 0.6 is 0 Å². The van der Waals surface area contributed by atoms with Crippen molar-refractivity contribution in [1.82, 2.24) is 9.55 Å². The van der Waals surface area contributed by atoms with Crippen molar-refractivity contribution in [2.24, 2.45) is 5.73 Å². The van der Waals surface area contributed by atoms with Gasteiger partial charge in [0, 0.05) is 24.3 Å². The van der Waals surface area contributed by atoms with Crippen LogP contribution in [0.3, 0.4) is 0 Å². The molecule has 0 amide bonds. The average Bonchev–Trinajstić information content (AvgIpc) is 2.82. The van der Waals surface area contributed by atoms with Gasteiger partial charge in [-0.25, -0.2) is 9.37 Å². The van der Waals surface area contributed by atoms with Crippen LogP contribution < -0.4 is 5.73 Å². The van der Waals surface area contributed by atoms with Crippen molar-refractivity contribution in [3.8, 4) is 5.69 Å². The minimum atomic E-state index is -0.264. The average molecular weight is 241 g/mol. The van der Waals surface area contributed by atoms with Gasteiger partial charge in [0.15, 0.2) is 0 Å². The number of hydrogen-bond donors (Lipinski definition) is 1. The van der Waals surface area contributed by atoms with E-state index in [0.717, 1.165) is 16.6 Å². The summed E-state index contributed by atoms with van der Waals surface area (Å²) in [5.41, 5.74) is 7.78. The first-order valence-corrected chi connectivity index (χ1v) is 5.70. The topological polar surface area (TPSA) is 43.8 Å². The highest BCUT2D eigenvalue weighted by atomic mass is 19.1. The molecule has 0 spiro atoms. The Morgan fingerprint density at radius 1 is 1.22 bits per heavy atom. The number of fused-ring (bicyclic) bond motifs is 1. The molecule has 0 saturated heterocycles. The van der Waals surface area contributed by atoms with Gasteiger partial charge in [-0.05, 0) is 29.8 Å². The first-order chi connectivity index (χ1) is 8.79. The third-order valence-electron chi connectivity index (χ3n) is 2.93. The van der Waals surface area contributed by atoms with E-state index < -0.39 is 0 Å². The van der Waals surface area contributed by atoms with E-state index in [-0.39, 0.29) is 5.82 Å². The molecule has 18 heavy (non-hydrogen) atoms. The molecular weight excluding hydrogens is 229 g/mol. The molecule has 4 heteroatoms. The first kappa shape index (κ1) is 10.9. The van der Waals surface area contributed by atoms with Crippen molar-refractivity contribution in [3.63, 3.8) is 0 Å². The third-order valence-corrected chi connectivity index (χ3v) is 2.93. The molecule has 2 N–H and O–H groups in total. The third kappa shape index (κ3) is 1.67. The van der Waals surface area contributed by atoms with Crippen LogP contribution in [0.2, 0.25) is 0 Å². The maximum Gasteiger partial charge on any atom is 0.147 e. The molecule has 0 saturated carbocycles. The van der Waals surface area contributed by atoms with E-state index in [1.807, 2.05) is 18.3 Å². The number of pyridine rings is 1. The van der Waals surface area contributed by atoms with E-state index in [9.17, 15) is 4.39 Å². The maximum absolute atomic E-state index is 13.8. The Labute approximate surface area is 104 Å². The number of halogens is 1. The van der Waals surface area contributed by atoms with Gasteiger partial charge in [0.25, 0.3) is 0 Å². The van der Waals surface area contributed by atoms with E-state index in [1.54, 1.807) is 29.0 Å². The Morgan fingerprint density at radius 2 is 2.06 bits per heavy atom. The summed E-state index contributed by atoms with van der Waals surface area (Å²) in [5, 5.41) is 0.959. The summed E-state index contributed by atoms with van der Waals surface area (Å²) in [6.45, 7) is 0.452. The zero-order valence-electron chi connectivity index (χ0n) is 9.68. The summed E-state index contributed by atoms with van der Waals surface area (Å²) < 4.78 is 15.5. The molecule has 0 aliphatic heterocycles. The zero-order chi connectivity index (χ0) is 12.5. The maximum atomic E-state index is 13.8. The molecule has 3 rings (SSSR count). The summed E-state index contributed by atoms with van der Waals surface area (Å²) >= 11 is 0. The van der Waals surface area contributed by atoms with Crippen molar-refractivity contribution in [1.29, 1.82) is 0 Å². The molecule has 0 bridgehead atoms. The highest BCUT2D eigenvalue weighted by molar-refractivity contribution is 5.78. The molecular formula is C14H12FN3. The number of benzene rings is 1. The molecule has 90 valence electrons. The van der Waals surface area contributed by atoms with Crippen LogP contribution in [0, 0.1) is 5.82 Å². The Hall–Kier alpha value is -2.20. The lowest BCUT2D eigenvalue weighted by molar-refractivity contribution is 0.619. The standard InChI is InChI=1S/C14H12FN3/c15-12-3-1-2-4-13(12)18-6-5-11-7-10(8-16)9-17-14(11)18/h1-7,9H,8,16H2. The van der Waals surface area contributed by atoms with Crippen molar-refractivity contribution < 1.29 is 4.39 Å². The molecule has 2 aromatic heterocycles. The quantitative estimate of drug-likeness (QED) is 0.749. The fourth-order valence-electron chi connectivity index (χ4n) is 2.02. The van der Waals surface area contributed by atoms with Crippen LogP contribution in [0.1, 0.15) is 5.56 Å². The fraction of sp³-hybridized carbons (Fsp3) is 0.0714. The number of rotatable bonds is 2. The number of nitrogens with two attached hydrogens (primary N) is 1. The lowest BCUT2D eigenvalue weighted by Crippen LogP contribution is -1.99. The highest BCUT2D eigenvalue weighted by Gasteiger charge is 2.08. The molecule has 0 radical (unpaired) electrons. The largest absolute Gasteiger partial charge is 0.326 e. The van der Waals surface area contributed by atoms with Crippen LogP contribution in [-0.2, 0) is 6.54 Å². The lowest BCUT2D eigenvalue weighted by Gasteiger charge is -2.06. The Kier molecular flexibility index (Phi) is 2.57. The van der Waals surface area contributed by atoms with Gasteiger partial charge in [-0.15, -0.1) is 0 Å². The number of hydrogen-bond acceptors (Lipinski definition) is 2. The predicted octanol–water partition coefficient (Wildman–Crippen LogP) is 2.62. The van der Waals surface area contributed by atoms with Crippen molar-refractivity contribution in [2.75, 3.05) is 0 Å². The second kappa shape index (κ2) is 4.23. The number of aromatic nitrogens is 2. The smallest absolute Gasteiger partial charge is 0.147 e. The SMILES string of the molecule is NCc1cnc2c(ccn2-c2ccccc2F)c1. The molecule has 1 aromatic carbocycles. The normalized spacial score (nSPS) is 11.0.